The van der Waals surface area contributed by atoms with Crippen LogP contribution in [0.15, 0.2) is 49.1 Å². The van der Waals surface area contributed by atoms with Crippen molar-refractivity contribution in [3.63, 3.8) is 0 Å². The highest BCUT2D eigenvalue weighted by molar-refractivity contribution is 5.33. The summed E-state index contributed by atoms with van der Waals surface area (Å²) in [4.78, 5) is 9.95. The van der Waals surface area contributed by atoms with Crippen molar-refractivity contribution in [1.82, 2.24) is 0 Å². The second-order valence-corrected chi connectivity index (χ2v) is 3.26. The number of nitro groups is 1. The Bertz CT molecular complexity index is 395. The molecule has 0 fully saturated rings. The third kappa shape index (κ3) is 3.33. The van der Waals surface area contributed by atoms with Crippen LogP contribution in [0.2, 0.25) is 0 Å². The summed E-state index contributed by atoms with van der Waals surface area (Å²) in [5.41, 5.74) is 0.692. The van der Waals surface area contributed by atoms with E-state index in [1.807, 2.05) is 0 Å². The van der Waals surface area contributed by atoms with Gasteiger partial charge in [0.05, 0.1) is 11.0 Å². The fraction of sp³-hybridized carbons (Fsp3) is 0.167. The van der Waals surface area contributed by atoms with Gasteiger partial charge in [-0.05, 0) is 24.1 Å². The van der Waals surface area contributed by atoms with Crippen LogP contribution in [-0.2, 0) is 0 Å². The molecule has 0 amide bonds. The topological polar surface area (TPSA) is 63.4 Å². The number of allylic oxidation sites excluding steroid dienone is 2. The summed E-state index contributed by atoms with van der Waals surface area (Å²) >= 11 is 0. The molecule has 4 heteroatoms. The van der Waals surface area contributed by atoms with Gasteiger partial charge in [-0.2, -0.15) is 0 Å². The molecular weight excluding hydrogens is 206 g/mol. The van der Waals surface area contributed by atoms with Crippen LogP contribution in [0, 0.1) is 10.1 Å². The molecule has 0 aromatic heterocycles. The number of rotatable bonds is 5. The summed E-state index contributed by atoms with van der Waals surface area (Å²) in [5, 5.41) is 20.1. The van der Waals surface area contributed by atoms with Gasteiger partial charge in [-0.3, -0.25) is 10.1 Å². The Morgan fingerprint density at radius 1 is 1.44 bits per heavy atom. The normalized spacial score (nSPS) is 12.6. The number of non-ortho nitro benzene ring substituents is 1. The van der Waals surface area contributed by atoms with E-state index in [1.54, 1.807) is 30.4 Å². The molecule has 0 saturated heterocycles. The van der Waals surface area contributed by atoms with Gasteiger partial charge >= 0.3 is 0 Å². The van der Waals surface area contributed by atoms with E-state index >= 15 is 0 Å². The first-order valence-electron chi connectivity index (χ1n) is 4.85. The van der Waals surface area contributed by atoms with Crippen LogP contribution in [0.1, 0.15) is 18.1 Å². The molecule has 1 unspecified atom stereocenters. The average Bonchev–Trinajstić information content (AvgIpc) is 2.29. The van der Waals surface area contributed by atoms with Gasteiger partial charge in [-0.15, -0.1) is 0 Å². The van der Waals surface area contributed by atoms with Crippen molar-refractivity contribution in [3.05, 3.63) is 64.8 Å². The van der Waals surface area contributed by atoms with Crippen molar-refractivity contribution in [3.8, 4) is 0 Å². The first-order chi connectivity index (χ1) is 7.65. The fourth-order valence-electron chi connectivity index (χ4n) is 1.26. The largest absolute Gasteiger partial charge is 0.388 e. The van der Waals surface area contributed by atoms with Crippen molar-refractivity contribution < 1.29 is 10.0 Å². The first-order valence-corrected chi connectivity index (χ1v) is 4.85. The molecule has 0 aliphatic rings. The smallest absolute Gasteiger partial charge is 0.269 e. The van der Waals surface area contributed by atoms with E-state index < -0.39 is 11.0 Å². The maximum atomic E-state index is 10.4. The van der Waals surface area contributed by atoms with Gasteiger partial charge in [0, 0.05) is 12.1 Å². The van der Waals surface area contributed by atoms with Crippen LogP contribution in [0.25, 0.3) is 0 Å². The van der Waals surface area contributed by atoms with Crippen LogP contribution in [0.4, 0.5) is 5.69 Å². The molecule has 16 heavy (non-hydrogen) atoms. The minimum Gasteiger partial charge on any atom is -0.388 e. The summed E-state index contributed by atoms with van der Waals surface area (Å²) < 4.78 is 0. The van der Waals surface area contributed by atoms with Crippen LogP contribution in [0.3, 0.4) is 0 Å². The van der Waals surface area contributed by atoms with Crippen molar-refractivity contribution >= 4 is 5.69 Å². The van der Waals surface area contributed by atoms with E-state index in [0.29, 0.717) is 12.0 Å². The maximum Gasteiger partial charge on any atom is 0.269 e. The molecule has 0 radical (unpaired) electrons. The Balaban J connectivity index is 2.69. The molecule has 1 aromatic carbocycles. The molecule has 0 aliphatic carbocycles. The summed E-state index contributed by atoms with van der Waals surface area (Å²) in [6.45, 7) is 3.52. The molecule has 1 aromatic rings. The Kier molecular flexibility index (Phi) is 4.42. The minimum absolute atomic E-state index is 0.0255. The highest BCUT2D eigenvalue weighted by atomic mass is 16.6. The molecule has 4 nitrogen and oxygen atoms in total. The zero-order valence-electron chi connectivity index (χ0n) is 8.74. The number of nitro benzene ring substituents is 1. The van der Waals surface area contributed by atoms with E-state index in [1.165, 1.54) is 12.1 Å². The molecule has 1 N–H and O–H groups in total. The Hall–Kier alpha value is -1.94. The molecule has 0 heterocycles. The summed E-state index contributed by atoms with van der Waals surface area (Å²) in [7, 11) is 0. The predicted octanol–water partition coefficient (Wildman–Crippen LogP) is 2.76. The second-order valence-electron chi connectivity index (χ2n) is 3.26. The van der Waals surface area contributed by atoms with Gasteiger partial charge in [0.2, 0.25) is 0 Å². The lowest BCUT2D eigenvalue weighted by molar-refractivity contribution is -0.384. The third-order valence-electron chi connectivity index (χ3n) is 2.12. The Morgan fingerprint density at radius 2 is 2.06 bits per heavy atom. The number of aliphatic hydroxyl groups is 1. The van der Waals surface area contributed by atoms with Gasteiger partial charge in [-0.1, -0.05) is 24.8 Å². The summed E-state index contributed by atoms with van der Waals surface area (Å²) in [5.74, 6) is 0. The number of nitrogens with zero attached hydrogens (tertiary/aromatic N) is 1. The van der Waals surface area contributed by atoms with Gasteiger partial charge in [-0.25, -0.2) is 0 Å². The van der Waals surface area contributed by atoms with Gasteiger partial charge in [0.1, 0.15) is 0 Å². The van der Waals surface area contributed by atoms with E-state index in [0.717, 1.165) is 0 Å². The molecule has 1 rings (SSSR count). The van der Waals surface area contributed by atoms with E-state index in [-0.39, 0.29) is 5.69 Å². The van der Waals surface area contributed by atoms with Gasteiger partial charge in [0.15, 0.2) is 0 Å². The summed E-state index contributed by atoms with van der Waals surface area (Å²) in [6, 6.07) is 5.89. The number of hydrogen-bond donors (Lipinski definition) is 1. The molecular formula is C12H13NO3. The lowest BCUT2D eigenvalue weighted by Gasteiger charge is -2.07. The maximum absolute atomic E-state index is 10.4. The Labute approximate surface area is 93.7 Å². The van der Waals surface area contributed by atoms with Crippen LogP contribution < -0.4 is 0 Å². The van der Waals surface area contributed by atoms with Crippen LogP contribution in [-0.4, -0.2) is 10.0 Å². The van der Waals surface area contributed by atoms with Crippen molar-refractivity contribution in [2.75, 3.05) is 0 Å². The zero-order chi connectivity index (χ0) is 12.0. The van der Waals surface area contributed by atoms with Gasteiger partial charge < -0.3 is 5.11 Å². The Morgan fingerprint density at radius 3 is 2.56 bits per heavy atom. The molecule has 0 saturated carbocycles. The quantitative estimate of drug-likeness (QED) is 0.470. The predicted molar refractivity (Wildman–Crippen MR) is 62.0 cm³/mol. The highest BCUT2D eigenvalue weighted by Crippen LogP contribution is 2.20. The fourth-order valence-corrected chi connectivity index (χ4v) is 1.26. The number of hydrogen-bond acceptors (Lipinski definition) is 3. The summed E-state index contributed by atoms with van der Waals surface area (Å²) in [6.07, 6.45) is 4.98. The average molecular weight is 219 g/mol. The SMILES string of the molecule is C=C/C=C/CC(O)c1ccc([N+](=O)[O-])cc1. The highest BCUT2D eigenvalue weighted by Gasteiger charge is 2.08. The minimum atomic E-state index is -0.642. The number of benzene rings is 1. The first kappa shape index (κ1) is 12.1. The van der Waals surface area contributed by atoms with E-state index in [2.05, 4.69) is 6.58 Å². The molecule has 84 valence electrons. The lowest BCUT2D eigenvalue weighted by Crippen LogP contribution is -1.96. The van der Waals surface area contributed by atoms with E-state index in [9.17, 15) is 15.2 Å². The van der Waals surface area contributed by atoms with Crippen molar-refractivity contribution in [2.45, 2.75) is 12.5 Å². The molecule has 1 atom stereocenters. The van der Waals surface area contributed by atoms with Gasteiger partial charge in [0.25, 0.3) is 5.69 Å². The number of aliphatic hydroxyl groups excluding tert-OH is 1. The molecule has 0 aliphatic heterocycles. The zero-order valence-corrected chi connectivity index (χ0v) is 8.74. The van der Waals surface area contributed by atoms with Crippen molar-refractivity contribution in [1.29, 1.82) is 0 Å². The second kappa shape index (κ2) is 5.82. The lowest BCUT2D eigenvalue weighted by atomic mass is 10.1. The third-order valence-corrected chi connectivity index (χ3v) is 2.12. The monoisotopic (exact) mass is 219 g/mol. The van der Waals surface area contributed by atoms with E-state index in [4.69, 9.17) is 0 Å². The molecule has 0 bridgehead atoms. The van der Waals surface area contributed by atoms with Crippen LogP contribution >= 0.6 is 0 Å². The van der Waals surface area contributed by atoms with Crippen molar-refractivity contribution in [2.24, 2.45) is 0 Å². The molecule has 0 spiro atoms. The van der Waals surface area contributed by atoms with Crippen LogP contribution in [0.5, 0.6) is 0 Å². The standard InChI is InChI=1S/C12H13NO3/c1-2-3-4-5-12(14)10-6-8-11(9-7-10)13(15)16/h2-4,6-9,12,14H,1,5H2/b4-3+.